The van der Waals surface area contributed by atoms with Gasteiger partial charge in [0.05, 0.1) is 11.9 Å². The Morgan fingerprint density at radius 1 is 1.36 bits per heavy atom. The Kier molecular flexibility index (Phi) is 3.74. The highest BCUT2D eigenvalue weighted by atomic mass is 14.9. The zero-order valence-corrected chi connectivity index (χ0v) is 9.28. The van der Waals surface area contributed by atoms with Crippen LogP contribution in [0.3, 0.4) is 0 Å². The normalized spacial score (nSPS) is 18.1. The molecular weight excluding hydrogens is 174 g/mol. The summed E-state index contributed by atoms with van der Waals surface area (Å²) in [5.74, 6) is 1.34. The quantitative estimate of drug-likeness (QED) is 0.632. The maximum Gasteiger partial charge on any atom is 0.125 e. The maximum absolute atomic E-state index is 4.34. The zero-order chi connectivity index (χ0) is 10.6. The van der Waals surface area contributed by atoms with Crippen LogP contribution >= 0.6 is 0 Å². The summed E-state index contributed by atoms with van der Waals surface area (Å²) in [5.41, 5.74) is 2.01. The van der Waals surface area contributed by atoms with Gasteiger partial charge >= 0.3 is 0 Å². The van der Waals surface area contributed by atoms with Crippen molar-refractivity contribution < 1.29 is 0 Å². The highest BCUT2D eigenvalue weighted by Gasteiger charge is 2.12. The molecule has 14 heavy (non-hydrogen) atoms. The number of hydrogen-bond donors (Lipinski definition) is 0. The average Bonchev–Trinajstić information content (AvgIpc) is 2.20. The summed E-state index contributed by atoms with van der Waals surface area (Å²) in [4.78, 5) is 12.7. The molecule has 1 aliphatic heterocycles. The van der Waals surface area contributed by atoms with E-state index < -0.39 is 0 Å². The van der Waals surface area contributed by atoms with Crippen LogP contribution < -0.4 is 0 Å². The lowest BCUT2D eigenvalue weighted by Gasteiger charge is -2.12. The monoisotopic (exact) mass is 191 g/mol. The van der Waals surface area contributed by atoms with Gasteiger partial charge in [-0.1, -0.05) is 20.8 Å². The molecule has 1 aromatic heterocycles. The standard InChI is InChI=1S/C9H11N3.C2H6/c1-6-3-8-9(11-4-6)5-10-7(2)12-8;1-2/h4-6H,3H2,1-2H3;1-2H3. The second kappa shape index (κ2) is 4.84. The van der Waals surface area contributed by atoms with Gasteiger partial charge in [-0.25, -0.2) is 9.97 Å². The molecule has 0 saturated carbocycles. The molecule has 0 fully saturated rings. The van der Waals surface area contributed by atoms with E-state index in [9.17, 15) is 0 Å². The molecule has 3 heteroatoms. The minimum atomic E-state index is 0.506. The van der Waals surface area contributed by atoms with E-state index >= 15 is 0 Å². The summed E-state index contributed by atoms with van der Waals surface area (Å²) < 4.78 is 0. The summed E-state index contributed by atoms with van der Waals surface area (Å²) in [7, 11) is 0. The molecule has 1 atom stereocenters. The molecule has 1 unspecified atom stereocenters. The van der Waals surface area contributed by atoms with Crippen molar-refractivity contribution in [2.45, 2.75) is 34.1 Å². The molecule has 0 saturated heterocycles. The predicted molar refractivity (Wildman–Crippen MR) is 59.1 cm³/mol. The van der Waals surface area contributed by atoms with E-state index in [1.807, 2.05) is 27.0 Å². The van der Waals surface area contributed by atoms with E-state index in [0.717, 1.165) is 23.6 Å². The van der Waals surface area contributed by atoms with Gasteiger partial charge in [0, 0.05) is 6.21 Å². The molecule has 0 spiro atoms. The van der Waals surface area contributed by atoms with E-state index in [0.29, 0.717) is 5.92 Å². The molecule has 0 N–H and O–H groups in total. The van der Waals surface area contributed by atoms with Gasteiger partial charge in [0.1, 0.15) is 11.5 Å². The van der Waals surface area contributed by atoms with Crippen molar-refractivity contribution in [3.8, 4) is 0 Å². The number of nitrogens with zero attached hydrogens (tertiary/aromatic N) is 3. The summed E-state index contributed by atoms with van der Waals surface area (Å²) in [6.45, 7) is 8.05. The molecule has 3 nitrogen and oxygen atoms in total. The fourth-order valence-electron chi connectivity index (χ4n) is 1.33. The van der Waals surface area contributed by atoms with Crippen molar-refractivity contribution in [1.29, 1.82) is 0 Å². The molecular formula is C11H17N3. The summed E-state index contributed by atoms with van der Waals surface area (Å²) >= 11 is 0. The van der Waals surface area contributed by atoms with Crippen molar-refractivity contribution in [2.75, 3.05) is 0 Å². The van der Waals surface area contributed by atoms with E-state index in [1.54, 1.807) is 6.20 Å². The number of hydrogen-bond acceptors (Lipinski definition) is 3. The van der Waals surface area contributed by atoms with Gasteiger partial charge in [0.2, 0.25) is 0 Å². The second-order valence-electron chi connectivity index (χ2n) is 3.21. The van der Waals surface area contributed by atoms with Crippen LogP contribution in [0.25, 0.3) is 0 Å². The number of aryl methyl sites for hydroxylation is 1. The third kappa shape index (κ3) is 2.37. The Hall–Kier alpha value is -1.25. The number of aromatic nitrogens is 2. The average molecular weight is 191 g/mol. The summed E-state index contributed by atoms with van der Waals surface area (Å²) in [6.07, 6.45) is 4.74. The molecule has 1 aromatic rings. The van der Waals surface area contributed by atoms with Crippen LogP contribution in [0, 0.1) is 12.8 Å². The number of aliphatic imine (C=N–C) groups is 1. The van der Waals surface area contributed by atoms with Crippen molar-refractivity contribution >= 4 is 11.9 Å². The van der Waals surface area contributed by atoms with Gasteiger partial charge < -0.3 is 0 Å². The van der Waals surface area contributed by atoms with E-state index in [-0.39, 0.29) is 0 Å². The number of rotatable bonds is 0. The van der Waals surface area contributed by atoms with E-state index in [4.69, 9.17) is 0 Å². The highest BCUT2D eigenvalue weighted by molar-refractivity contribution is 5.69. The third-order valence-corrected chi connectivity index (χ3v) is 1.95. The van der Waals surface area contributed by atoms with Crippen LogP contribution in [-0.4, -0.2) is 16.2 Å². The summed E-state index contributed by atoms with van der Waals surface area (Å²) in [6, 6.07) is 0. The molecule has 0 radical (unpaired) electrons. The van der Waals surface area contributed by atoms with Crippen LogP contribution in [0.2, 0.25) is 0 Å². The van der Waals surface area contributed by atoms with Gasteiger partial charge in [-0.3, -0.25) is 4.99 Å². The van der Waals surface area contributed by atoms with E-state index in [1.165, 1.54) is 0 Å². The minimum absolute atomic E-state index is 0.506. The van der Waals surface area contributed by atoms with Crippen LogP contribution in [-0.2, 0) is 6.42 Å². The topological polar surface area (TPSA) is 38.1 Å². The first-order valence-electron chi connectivity index (χ1n) is 5.12. The van der Waals surface area contributed by atoms with Crippen molar-refractivity contribution in [2.24, 2.45) is 10.9 Å². The SMILES string of the molecule is CC.Cc1ncc2c(n1)CC(C)C=N2. The molecule has 76 valence electrons. The molecule has 0 bridgehead atoms. The molecule has 0 amide bonds. The van der Waals surface area contributed by atoms with E-state index in [2.05, 4.69) is 21.9 Å². The first-order valence-corrected chi connectivity index (χ1v) is 5.12. The first-order chi connectivity index (χ1) is 6.75. The lowest BCUT2D eigenvalue weighted by Crippen LogP contribution is -2.08. The van der Waals surface area contributed by atoms with Gasteiger partial charge in [0.25, 0.3) is 0 Å². The Bertz CT molecular complexity index is 331. The third-order valence-electron chi connectivity index (χ3n) is 1.95. The highest BCUT2D eigenvalue weighted by Crippen LogP contribution is 2.22. The summed E-state index contributed by atoms with van der Waals surface area (Å²) in [5, 5.41) is 0. The molecule has 0 aromatic carbocycles. The molecule has 1 aliphatic rings. The lowest BCUT2D eigenvalue weighted by atomic mass is 10.0. The molecule has 0 aliphatic carbocycles. The second-order valence-corrected chi connectivity index (χ2v) is 3.21. The fraction of sp³-hybridized carbons (Fsp3) is 0.545. The van der Waals surface area contributed by atoms with Gasteiger partial charge in [-0.15, -0.1) is 0 Å². The Labute approximate surface area is 85.3 Å². The fourth-order valence-corrected chi connectivity index (χ4v) is 1.33. The van der Waals surface area contributed by atoms with Crippen LogP contribution in [0.15, 0.2) is 11.2 Å². The number of fused-ring (bicyclic) bond motifs is 1. The first kappa shape index (κ1) is 10.8. The molecule has 2 rings (SSSR count). The van der Waals surface area contributed by atoms with Crippen LogP contribution in [0.4, 0.5) is 5.69 Å². The van der Waals surface area contributed by atoms with Crippen LogP contribution in [0.5, 0.6) is 0 Å². The predicted octanol–water partition coefficient (Wildman–Crippen LogP) is 2.71. The Balaban J connectivity index is 0.000000461. The zero-order valence-electron chi connectivity index (χ0n) is 9.28. The lowest BCUT2D eigenvalue weighted by molar-refractivity contribution is 0.739. The largest absolute Gasteiger partial charge is 0.257 e. The van der Waals surface area contributed by atoms with Gasteiger partial charge in [-0.05, 0) is 19.3 Å². The minimum Gasteiger partial charge on any atom is -0.257 e. The smallest absolute Gasteiger partial charge is 0.125 e. The Morgan fingerprint density at radius 2 is 2.07 bits per heavy atom. The maximum atomic E-state index is 4.34. The van der Waals surface area contributed by atoms with Crippen molar-refractivity contribution in [1.82, 2.24) is 9.97 Å². The van der Waals surface area contributed by atoms with Gasteiger partial charge in [0.15, 0.2) is 0 Å². The molecule has 2 heterocycles. The van der Waals surface area contributed by atoms with Crippen LogP contribution in [0.1, 0.15) is 32.3 Å². The van der Waals surface area contributed by atoms with Gasteiger partial charge in [-0.2, -0.15) is 0 Å². The van der Waals surface area contributed by atoms with Crippen molar-refractivity contribution in [3.63, 3.8) is 0 Å². The Morgan fingerprint density at radius 3 is 2.79 bits per heavy atom. The van der Waals surface area contributed by atoms with Crippen molar-refractivity contribution in [3.05, 3.63) is 17.7 Å².